The van der Waals surface area contributed by atoms with Crippen molar-refractivity contribution in [2.45, 2.75) is 38.1 Å². The number of alkyl halides is 3. The van der Waals surface area contributed by atoms with E-state index in [1.165, 1.54) is 6.33 Å². The lowest BCUT2D eigenvalue weighted by molar-refractivity contribution is -0.210. The smallest absolute Gasteiger partial charge is 0.376 e. The second kappa shape index (κ2) is 6.33. The third-order valence-corrected chi connectivity index (χ3v) is 6.31. The number of aliphatic hydroxyl groups is 1. The highest BCUT2D eigenvalue weighted by Crippen LogP contribution is 2.50. The maximum Gasteiger partial charge on any atom is 0.423 e. The molecule has 0 unspecified atom stereocenters. The van der Waals surface area contributed by atoms with Gasteiger partial charge in [-0.15, -0.1) is 0 Å². The molecule has 4 rings (SSSR count). The number of amides is 1. The van der Waals surface area contributed by atoms with Crippen LogP contribution >= 0.6 is 0 Å². The monoisotopic (exact) mass is 397 g/mol. The summed E-state index contributed by atoms with van der Waals surface area (Å²) < 4.78 is 38.0. The van der Waals surface area contributed by atoms with Crippen LogP contribution in [-0.4, -0.2) is 69.3 Å². The molecule has 4 atom stereocenters. The normalized spacial score (nSPS) is 28.6. The summed E-state index contributed by atoms with van der Waals surface area (Å²) in [5.74, 6) is -0.369. The van der Waals surface area contributed by atoms with E-state index in [1.807, 2.05) is 20.0 Å². The lowest BCUT2D eigenvalue weighted by Crippen LogP contribution is -2.46. The Balaban J connectivity index is 1.48. The number of likely N-dealkylation sites (tertiary alicyclic amines) is 1. The molecule has 0 aromatic carbocycles. The maximum absolute atomic E-state index is 12.7. The fourth-order valence-corrected chi connectivity index (χ4v) is 4.74. The molecule has 0 spiro atoms. The van der Waals surface area contributed by atoms with Crippen LogP contribution in [0.5, 0.6) is 0 Å². The molecule has 1 aliphatic heterocycles. The fourth-order valence-electron chi connectivity index (χ4n) is 4.74. The molecule has 10 heteroatoms. The molecule has 2 N–H and O–H groups in total. The number of rotatable bonds is 3. The topological polar surface area (TPSA) is 85.4 Å². The average molecular weight is 397 g/mol. The summed E-state index contributed by atoms with van der Waals surface area (Å²) in [6.45, 7) is 2.46. The molecule has 152 valence electrons. The molecule has 1 aliphatic carbocycles. The highest BCUT2D eigenvalue weighted by atomic mass is 19.4. The quantitative estimate of drug-likeness (QED) is 0.827. The Morgan fingerprint density at radius 1 is 1.46 bits per heavy atom. The van der Waals surface area contributed by atoms with Crippen LogP contribution in [0.4, 0.5) is 19.0 Å². The minimum atomic E-state index is -4.94. The number of aromatic amines is 1. The predicted molar refractivity (Wildman–Crippen MR) is 95.6 cm³/mol. The molecule has 1 saturated heterocycles. The van der Waals surface area contributed by atoms with Crippen LogP contribution < -0.4 is 4.90 Å². The number of nitrogens with one attached hydrogen (secondary N) is 1. The van der Waals surface area contributed by atoms with Gasteiger partial charge in [0.1, 0.15) is 17.8 Å². The van der Waals surface area contributed by atoms with E-state index in [0.717, 1.165) is 34.6 Å². The summed E-state index contributed by atoms with van der Waals surface area (Å²) in [4.78, 5) is 27.0. The first-order valence-corrected chi connectivity index (χ1v) is 9.14. The average Bonchev–Trinajstić information content (AvgIpc) is 3.30. The molecule has 2 fully saturated rings. The van der Waals surface area contributed by atoms with E-state index in [4.69, 9.17) is 0 Å². The molecule has 28 heavy (non-hydrogen) atoms. The van der Waals surface area contributed by atoms with Crippen LogP contribution in [0, 0.1) is 11.3 Å². The molecular formula is C18H22F3N5O2. The number of carbonyl (C=O) groups excluding carboxylic acids is 1. The molecule has 7 nitrogen and oxygen atoms in total. The van der Waals surface area contributed by atoms with Crippen LogP contribution in [0.2, 0.25) is 0 Å². The van der Waals surface area contributed by atoms with Crippen LogP contribution in [0.3, 0.4) is 0 Å². The number of nitrogens with zero attached hydrogens (tertiary/aromatic N) is 4. The standard InChI is InChI=1S/C18H22F3N5O2/c1-17-6-11(25(2)15-12-3-4-22-14(12)23-9-24-15)5-10(17)7-26(8-17)16(28)13(27)18(19,20)21/h3-4,9-11,13,27H,5-8H2,1-2H3,(H,22,23,24)/t10-,11+,13-,17+/m0/s1. The fraction of sp³-hybridized carbons (Fsp3) is 0.611. The van der Waals surface area contributed by atoms with Crippen LogP contribution in [0.25, 0.3) is 11.0 Å². The van der Waals surface area contributed by atoms with Crippen LogP contribution in [0.15, 0.2) is 18.6 Å². The molecule has 1 amide bonds. The van der Waals surface area contributed by atoms with Crippen molar-refractivity contribution in [3.8, 4) is 0 Å². The SMILES string of the molecule is CN(c1ncnc2[nH]ccc12)[C@@H]1C[C@H]2CN(C(=O)[C@H](O)C(F)(F)F)C[C@@]2(C)C1. The number of H-pyrrole nitrogens is 1. The van der Waals surface area contributed by atoms with Crippen molar-refractivity contribution in [2.75, 3.05) is 25.0 Å². The second-order valence-electron chi connectivity index (χ2n) is 8.16. The lowest BCUT2D eigenvalue weighted by Gasteiger charge is -2.30. The predicted octanol–water partition coefficient (Wildman–Crippen LogP) is 1.94. The maximum atomic E-state index is 12.7. The summed E-state index contributed by atoms with van der Waals surface area (Å²) in [5.41, 5.74) is 0.462. The number of anilines is 1. The van der Waals surface area contributed by atoms with Gasteiger partial charge in [0.2, 0.25) is 6.10 Å². The molecule has 2 aromatic heterocycles. The first-order chi connectivity index (χ1) is 13.1. The van der Waals surface area contributed by atoms with Crippen LogP contribution in [0.1, 0.15) is 19.8 Å². The Kier molecular flexibility index (Phi) is 4.29. The van der Waals surface area contributed by atoms with Crippen LogP contribution in [-0.2, 0) is 4.79 Å². The largest absolute Gasteiger partial charge is 0.423 e. The van der Waals surface area contributed by atoms with Gasteiger partial charge in [0, 0.05) is 32.4 Å². The van der Waals surface area contributed by atoms with Crippen molar-refractivity contribution in [2.24, 2.45) is 11.3 Å². The lowest BCUT2D eigenvalue weighted by atomic mass is 9.83. The van der Waals surface area contributed by atoms with E-state index in [2.05, 4.69) is 19.9 Å². The molecule has 3 heterocycles. The van der Waals surface area contributed by atoms with Gasteiger partial charge in [0.15, 0.2) is 0 Å². The van der Waals surface area contributed by atoms with Crippen molar-refractivity contribution in [3.63, 3.8) is 0 Å². The number of halogens is 3. The van der Waals surface area contributed by atoms with Gasteiger partial charge < -0.3 is 19.9 Å². The Labute approximate surface area is 159 Å². The minimum absolute atomic E-state index is 0.0767. The summed E-state index contributed by atoms with van der Waals surface area (Å²) in [7, 11) is 1.96. The number of carbonyl (C=O) groups is 1. The van der Waals surface area contributed by atoms with E-state index >= 15 is 0 Å². The van der Waals surface area contributed by atoms with Gasteiger partial charge in [-0.1, -0.05) is 6.92 Å². The molecule has 0 bridgehead atoms. The van der Waals surface area contributed by atoms with Gasteiger partial charge in [-0.25, -0.2) is 9.97 Å². The third-order valence-electron chi connectivity index (χ3n) is 6.31. The van der Waals surface area contributed by atoms with Crippen molar-refractivity contribution >= 4 is 22.8 Å². The Morgan fingerprint density at radius 2 is 2.21 bits per heavy atom. The number of aromatic nitrogens is 3. The zero-order valence-corrected chi connectivity index (χ0v) is 15.6. The second-order valence-corrected chi connectivity index (χ2v) is 8.16. The van der Waals surface area contributed by atoms with E-state index in [9.17, 15) is 23.1 Å². The molecule has 0 radical (unpaired) electrons. The summed E-state index contributed by atoms with van der Waals surface area (Å²) >= 11 is 0. The summed E-state index contributed by atoms with van der Waals surface area (Å²) in [5, 5.41) is 10.2. The first-order valence-electron chi connectivity index (χ1n) is 9.14. The van der Waals surface area contributed by atoms with Gasteiger partial charge in [-0.05, 0) is 30.2 Å². The van der Waals surface area contributed by atoms with Crippen molar-refractivity contribution in [1.82, 2.24) is 19.9 Å². The number of hydrogen-bond acceptors (Lipinski definition) is 5. The first kappa shape index (κ1) is 19.0. The summed E-state index contributed by atoms with van der Waals surface area (Å²) in [6.07, 6.45) is -3.10. The molecule has 2 aliphatic rings. The highest BCUT2D eigenvalue weighted by Gasteiger charge is 2.54. The van der Waals surface area contributed by atoms with Gasteiger partial charge in [-0.2, -0.15) is 13.2 Å². The Hall–Kier alpha value is -2.36. The van der Waals surface area contributed by atoms with E-state index in [0.29, 0.717) is 0 Å². The van der Waals surface area contributed by atoms with E-state index in [1.54, 1.807) is 6.20 Å². The Bertz CT molecular complexity index is 901. The third kappa shape index (κ3) is 2.99. The zero-order chi connectivity index (χ0) is 20.3. The van der Waals surface area contributed by atoms with Gasteiger partial charge in [0.05, 0.1) is 5.39 Å². The van der Waals surface area contributed by atoms with Gasteiger partial charge >= 0.3 is 6.18 Å². The summed E-state index contributed by atoms with van der Waals surface area (Å²) in [6, 6.07) is 2.07. The minimum Gasteiger partial charge on any atom is -0.376 e. The number of fused-ring (bicyclic) bond motifs is 2. The number of aliphatic hydroxyl groups excluding tert-OH is 1. The van der Waals surface area contributed by atoms with Gasteiger partial charge in [0.25, 0.3) is 5.91 Å². The van der Waals surface area contributed by atoms with Gasteiger partial charge in [-0.3, -0.25) is 4.79 Å². The molecule has 1 saturated carbocycles. The molecular weight excluding hydrogens is 375 g/mol. The van der Waals surface area contributed by atoms with E-state index in [-0.39, 0.29) is 30.5 Å². The highest BCUT2D eigenvalue weighted by molar-refractivity contribution is 5.87. The number of hydrogen-bond donors (Lipinski definition) is 2. The van der Waals surface area contributed by atoms with E-state index < -0.39 is 18.2 Å². The van der Waals surface area contributed by atoms with Crippen molar-refractivity contribution < 1.29 is 23.1 Å². The Morgan fingerprint density at radius 3 is 2.89 bits per heavy atom. The van der Waals surface area contributed by atoms with Crippen molar-refractivity contribution in [3.05, 3.63) is 18.6 Å². The zero-order valence-electron chi connectivity index (χ0n) is 15.6. The molecule has 2 aromatic rings. The van der Waals surface area contributed by atoms with Crippen molar-refractivity contribution in [1.29, 1.82) is 0 Å².